The van der Waals surface area contributed by atoms with Crippen molar-refractivity contribution in [3.05, 3.63) is 0 Å². The van der Waals surface area contributed by atoms with Gasteiger partial charge in [-0.3, -0.25) is 19.3 Å². The van der Waals surface area contributed by atoms with Crippen molar-refractivity contribution in [3.63, 3.8) is 0 Å². The smallest absolute Gasteiger partial charge is 0.305 e. The number of carboxylic acid groups (broad SMARTS) is 1. The summed E-state index contributed by atoms with van der Waals surface area (Å²) in [6.45, 7) is 5.61. The largest absolute Gasteiger partial charge is 0.481 e. The van der Waals surface area contributed by atoms with E-state index in [2.05, 4.69) is 0 Å². The summed E-state index contributed by atoms with van der Waals surface area (Å²) < 4.78 is 0. The maximum absolute atomic E-state index is 12.4. The highest BCUT2D eigenvalue weighted by atomic mass is 16.4. The molecule has 1 aliphatic carbocycles. The molecule has 3 atom stereocenters. The van der Waals surface area contributed by atoms with Gasteiger partial charge in [0.2, 0.25) is 11.8 Å². The van der Waals surface area contributed by atoms with E-state index in [1.807, 2.05) is 20.8 Å². The van der Waals surface area contributed by atoms with Gasteiger partial charge in [-0.15, -0.1) is 0 Å². The minimum Gasteiger partial charge on any atom is -0.481 e. The SMILES string of the molecule is CC(C)(C)C(CC(=O)O)N1C(=O)C2CCCC2C1=O. The molecule has 1 N–H and O–H groups in total. The summed E-state index contributed by atoms with van der Waals surface area (Å²) in [5, 5.41) is 9.03. The Bertz CT molecular complexity index is 402. The Balaban J connectivity index is 2.29. The summed E-state index contributed by atoms with van der Waals surface area (Å²) in [7, 11) is 0. The zero-order chi connectivity index (χ0) is 14.4. The Morgan fingerprint density at radius 1 is 1.26 bits per heavy atom. The van der Waals surface area contributed by atoms with Gasteiger partial charge in [0, 0.05) is 0 Å². The molecule has 0 radical (unpaired) electrons. The Morgan fingerprint density at radius 2 is 1.74 bits per heavy atom. The molecule has 2 amide bonds. The Kier molecular flexibility index (Phi) is 3.41. The maximum Gasteiger partial charge on any atom is 0.305 e. The van der Waals surface area contributed by atoms with Crippen LogP contribution in [0.2, 0.25) is 0 Å². The zero-order valence-electron chi connectivity index (χ0n) is 11.7. The molecule has 5 heteroatoms. The second kappa shape index (κ2) is 4.62. The van der Waals surface area contributed by atoms with Gasteiger partial charge in [-0.1, -0.05) is 27.2 Å². The summed E-state index contributed by atoms with van der Waals surface area (Å²) in [4.78, 5) is 37.0. The molecule has 5 nitrogen and oxygen atoms in total. The molecule has 0 bridgehead atoms. The third-order valence-electron chi connectivity index (χ3n) is 4.30. The number of nitrogens with zero attached hydrogens (tertiary/aromatic N) is 1. The van der Waals surface area contributed by atoms with Crippen LogP contribution in [0.4, 0.5) is 0 Å². The van der Waals surface area contributed by atoms with Gasteiger partial charge in [-0.25, -0.2) is 0 Å². The monoisotopic (exact) mass is 267 g/mol. The molecule has 3 unspecified atom stereocenters. The maximum atomic E-state index is 12.4. The number of imide groups is 1. The van der Waals surface area contributed by atoms with Crippen LogP contribution in [0.1, 0.15) is 46.5 Å². The lowest BCUT2D eigenvalue weighted by atomic mass is 9.83. The van der Waals surface area contributed by atoms with Gasteiger partial charge < -0.3 is 5.11 Å². The lowest BCUT2D eigenvalue weighted by Gasteiger charge is -2.36. The molecule has 0 aromatic heterocycles. The average Bonchev–Trinajstić information content (AvgIpc) is 2.81. The summed E-state index contributed by atoms with van der Waals surface area (Å²) in [6, 6.07) is -0.560. The van der Waals surface area contributed by atoms with Crippen LogP contribution in [0.3, 0.4) is 0 Å². The van der Waals surface area contributed by atoms with Crippen LogP contribution in [-0.2, 0) is 14.4 Å². The Hall–Kier alpha value is -1.39. The first-order valence-electron chi connectivity index (χ1n) is 6.82. The Labute approximate surface area is 113 Å². The fraction of sp³-hybridized carbons (Fsp3) is 0.786. The number of carbonyl (C=O) groups is 3. The number of likely N-dealkylation sites (tertiary alicyclic amines) is 1. The van der Waals surface area contributed by atoms with Crippen molar-refractivity contribution >= 4 is 17.8 Å². The highest BCUT2D eigenvalue weighted by Crippen LogP contribution is 2.43. The van der Waals surface area contributed by atoms with E-state index >= 15 is 0 Å². The summed E-state index contributed by atoms with van der Waals surface area (Å²) in [5.41, 5.74) is -0.428. The predicted molar refractivity (Wildman–Crippen MR) is 68.2 cm³/mol. The highest BCUT2D eigenvalue weighted by molar-refractivity contribution is 6.06. The van der Waals surface area contributed by atoms with E-state index in [0.29, 0.717) is 0 Å². The minimum absolute atomic E-state index is 0.159. The van der Waals surface area contributed by atoms with E-state index in [-0.39, 0.29) is 30.1 Å². The Morgan fingerprint density at radius 3 is 2.11 bits per heavy atom. The fourth-order valence-corrected chi connectivity index (χ4v) is 3.27. The molecule has 1 aliphatic heterocycles. The van der Waals surface area contributed by atoms with Crippen molar-refractivity contribution < 1.29 is 19.5 Å². The quantitative estimate of drug-likeness (QED) is 0.789. The highest BCUT2D eigenvalue weighted by Gasteiger charge is 2.53. The van der Waals surface area contributed by atoms with Gasteiger partial charge >= 0.3 is 5.97 Å². The van der Waals surface area contributed by atoms with Crippen LogP contribution < -0.4 is 0 Å². The molecule has 0 aromatic rings. The summed E-state index contributed by atoms with van der Waals surface area (Å²) in [6.07, 6.45) is 2.26. The summed E-state index contributed by atoms with van der Waals surface area (Å²) >= 11 is 0. The van der Waals surface area contributed by atoms with Gasteiger partial charge in [-0.2, -0.15) is 0 Å². The van der Waals surface area contributed by atoms with Crippen LogP contribution >= 0.6 is 0 Å². The normalized spacial score (nSPS) is 28.7. The van der Waals surface area contributed by atoms with Crippen molar-refractivity contribution in [2.24, 2.45) is 17.3 Å². The predicted octanol–water partition coefficient (Wildman–Crippen LogP) is 1.66. The average molecular weight is 267 g/mol. The van der Waals surface area contributed by atoms with Gasteiger partial charge in [0.05, 0.1) is 24.3 Å². The molecule has 1 saturated carbocycles. The lowest BCUT2D eigenvalue weighted by Crippen LogP contribution is -2.49. The van der Waals surface area contributed by atoms with Crippen molar-refractivity contribution in [2.45, 2.75) is 52.5 Å². The standard InChI is InChI=1S/C14H21NO4/c1-14(2,3)10(7-11(16)17)15-12(18)8-5-4-6-9(8)13(15)19/h8-10H,4-7H2,1-3H3,(H,16,17). The number of carboxylic acids is 1. The number of hydrogen-bond acceptors (Lipinski definition) is 3. The zero-order valence-corrected chi connectivity index (χ0v) is 11.7. The molecular weight excluding hydrogens is 246 g/mol. The number of amides is 2. The van der Waals surface area contributed by atoms with Crippen LogP contribution in [0.25, 0.3) is 0 Å². The fourth-order valence-electron chi connectivity index (χ4n) is 3.27. The summed E-state index contributed by atoms with van der Waals surface area (Å²) in [5.74, 6) is -1.70. The second-order valence-electron chi connectivity index (χ2n) is 6.67. The first kappa shape index (κ1) is 14.0. The molecule has 106 valence electrons. The van der Waals surface area contributed by atoms with E-state index in [1.165, 1.54) is 4.90 Å². The molecule has 1 saturated heterocycles. The third kappa shape index (κ3) is 2.38. The molecule has 0 aromatic carbocycles. The molecular formula is C14H21NO4. The first-order chi connectivity index (χ1) is 8.73. The number of aliphatic carboxylic acids is 1. The number of carbonyl (C=O) groups excluding carboxylic acids is 2. The number of fused-ring (bicyclic) bond motifs is 1. The molecule has 2 rings (SSSR count). The van der Waals surface area contributed by atoms with Gasteiger partial charge in [0.25, 0.3) is 0 Å². The molecule has 19 heavy (non-hydrogen) atoms. The molecule has 2 fully saturated rings. The van der Waals surface area contributed by atoms with Crippen LogP contribution in [0, 0.1) is 17.3 Å². The molecule has 0 spiro atoms. The first-order valence-corrected chi connectivity index (χ1v) is 6.82. The lowest BCUT2D eigenvalue weighted by molar-refractivity contribution is -0.149. The number of rotatable bonds is 3. The van der Waals surface area contributed by atoms with Gasteiger partial charge in [-0.05, 0) is 18.3 Å². The third-order valence-corrected chi connectivity index (χ3v) is 4.30. The van der Waals surface area contributed by atoms with Crippen molar-refractivity contribution in [2.75, 3.05) is 0 Å². The van der Waals surface area contributed by atoms with Gasteiger partial charge in [0.1, 0.15) is 0 Å². The van der Waals surface area contributed by atoms with Crippen LogP contribution in [0.5, 0.6) is 0 Å². The van der Waals surface area contributed by atoms with E-state index in [9.17, 15) is 14.4 Å². The second-order valence-corrected chi connectivity index (χ2v) is 6.67. The van der Waals surface area contributed by atoms with Crippen molar-refractivity contribution in [1.82, 2.24) is 4.90 Å². The number of hydrogen-bond donors (Lipinski definition) is 1. The van der Waals surface area contributed by atoms with E-state index in [1.54, 1.807) is 0 Å². The minimum atomic E-state index is -0.974. The van der Waals surface area contributed by atoms with E-state index < -0.39 is 17.4 Å². The molecule has 1 heterocycles. The van der Waals surface area contributed by atoms with Gasteiger partial charge in [0.15, 0.2) is 0 Å². The van der Waals surface area contributed by atoms with Crippen molar-refractivity contribution in [3.8, 4) is 0 Å². The van der Waals surface area contributed by atoms with E-state index in [0.717, 1.165) is 19.3 Å². The molecule has 2 aliphatic rings. The van der Waals surface area contributed by atoms with E-state index in [4.69, 9.17) is 5.11 Å². The van der Waals surface area contributed by atoms with Crippen LogP contribution in [-0.4, -0.2) is 33.8 Å². The van der Waals surface area contributed by atoms with Crippen LogP contribution in [0.15, 0.2) is 0 Å². The van der Waals surface area contributed by atoms with Crippen molar-refractivity contribution in [1.29, 1.82) is 0 Å². The topological polar surface area (TPSA) is 74.7 Å².